The summed E-state index contributed by atoms with van der Waals surface area (Å²) in [5.41, 5.74) is 22.3. The Hall–Kier alpha value is -8.30. The van der Waals surface area contributed by atoms with Gasteiger partial charge < -0.3 is 4.90 Å². The minimum absolute atomic E-state index is 0.122. The van der Waals surface area contributed by atoms with Crippen molar-refractivity contribution >= 4 is 59.3 Å². The Bertz CT molecular complexity index is 4030. The Morgan fingerprint density at radius 1 is 0.366 bits per heavy atom. The van der Waals surface area contributed by atoms with Gasteiger partial charge in [0.1, 0.15) is 0 Å². The molecule has 0 bridgehead atoms. The molecule has 0 saturated heterocycles. The Morgan fingerprint density at radius 2 is 0.845 bits per heavy atom. The molecule has 0 amide bonds. The van der Waals surface area contributed by atoms with E-state index in [2.05, 4.69) is 268 Å². The van der Waals surface area contributed by atoms with Gasteiger partial charge in [0.05, 0.1) is 11.1 Å². The maximum Gasteiger partial charge on any atom is 0.0725 e. The molecule has 12 aromatic rings. The highest BCUT2D eigenvalue weighted by Gasteiger charge is 2.51. The summed E-state index contributed by atoms with van der Waals surface area (Å²) in [6.45, 7) is 6.80. The number of nitrogens with zero attached hydrogens (tertiary/aromatic N) is 1. The van der Waals surface area contributed by atoms with E-state index in [9.17, 15) is 0 Å². The van der Waals surface area contributed by atoms with Gasteiger partial charge in [0.25, 0.3) is 0 Å². The molecule has 2 heteroatoms. The van der Waals surface area contributed by atoms with Crippen molar-refractivity contribution in [2.24, 2.45) is 0 Å². The Balaban J connectivity index is 0.968. The van der Waals surface area contributed by atoms with Crippen LogP contribution in [0.15, 0.2) is 243 Å². The van der Waals surface area contributed by atoms with Crippen LogP contribution in [0.2, 0.25) is 0 Å². The highest BCUT2D eigenvalue weighted by molar-refractivity contribution is 7.26. The molecule has 1 nitrogen and oxygen atoms in total. The SMILES string of the molecule is CC(C)(C)c1ccc(-c2ccc(-c3ccc(N(c4ccc5c(c4)-c4ccccc4C54c5ccccc5-c5ccccc54)c4ccc5ccccc5c4-c4cccc5c4sc4ccccc45)cc3)cc2)cc1. The molecule has 0 radical (unpaired) electrons. The second-order valence-corrected chi connectivity index (χ2v) is 21.4. The van der Waals surface area contributed by atoms with Gasteiger partial charge in [-0.25, -0.2) is 0 Å². The number of anilines is 3. The molecule has 1 aromatic heterocycles. The topological polar surface area (TPSA) is 3.24 Å². The van der Waals surface area contributed by atoms with Crippen molar-refractivity contribution in [1.82, 2.24) is 0 Å². The largest absolute Gasteiger partial charge is 0.310 e. The van der Waals surface area contributed by atoms with Gasteiger partial charge >= 0.3 is 0 Å². The van der Waals surface area contributed by atoms with Crippen molar-refractivity contribution in [1.29, 1.82) is 0 Å². The summed E-state index contributed by atoms with van der Waals surface area (Å²) in [4.78, 5) is 2.52. The molecule has 0 saturated carbocycles. The summed E-state index contributed by atoms with van der Waals surface area (Å²) in [7, 11) is 0. The second-order valence-electron chi connectivity index (χ2n) is 20.4. The molecule has 71 heavy (non-hydrogen) atoms. The monoisotopic (exact) mass is 923 g/mol. The van der Waals surface area contributed by atoms with E-state index >= 15 is 0 Å². The quantitative estimate of drug-likeness (QED) is 0.161. The molecule has 1 spiro atoms. The summed E-state index contributed by atoms with van der Waals surface area (Å²) in [6, 6.07) is 91.2. The molecule has 0 fully saturated rings. The summed E-state index contributed by atoms with van der Waals surface area (Å²) in [6.07, 6.45) is 0. The molecule has 0 atom stereocenters. The third-order valence-corrected chi connectivity index (χ3v) is 16.7. The van der Waals surface area contributed by atoms with E-state index in [0.29, 0.717) is 0 Å². The number of hydrogen-bond acceptors (Lipinski definition) is 2. The highest BCUT2D eigenvalue weighted by Crippen LogP contribution is 2.63. The summed E-state index contributed by atoms with van der Waals surface area (Å²) < 4.78 is 2.61. The van der Waals surface area contributed by atoms with Crippen LogP contribution in [0.25, 0.3) is 86.6 Å². The number of thiophene rings is 1. The highest BCUT2D eigenvalue weighted by atomic mass is 32.1. The van der Waals surface area contributed by atoms with Crippen LogP contribution in [-0.2, 0) is 10.8 Å². The molecule has 2 aliphatic rings. The molecule has 0 N–H and O–H groups in total. The van der Waals surface area contributed by atoms with Crippen LogP contribution in [0.1, 0.15) is 48.6 Å². The van der Waals surface area contributed by atoms with E-state index in [0.717, 1.165) is 17.1 Å². The molecule has 14 rings (SSSR count). The Kier molecular flexibility index (Phi) is 9.31. The summed E-state index contributed by atoms with van der Waals surface area (Å²) in [5, 5.41) is 5.05. The van der Waals surface area contributed by atoms with Gasteiger partial charge in [-0.2, -0.15) is 0 Å². The lowest BCUT2D eigenvalue weighted by Crippen LogP contribution is -2.25. The number of fused-ring (bicyclic) bond motifs is 14. The van der Waals surface area contributed by atoms with Crippen LogP contribution >= 0.6 is 11.3 Å². The van der Waals surface area contributed by atoms with Crippen molar-refractivity contribution < 1.29 is 0 Å². The van der Waals surface area contributed by atoms with Crippen LogP contribution in [0, 0.1) is 0 Å². The van der Waals surface area contributed by atoms with Crippen LogP contribution in [0.5, 0.6) is 0 Å². The van der Waals surface area contributed by atoms with Gasteiger partial charge in [-0.15, -0.1) is 11.3 Å². The average Bonchev–Trinajstić information content (AvgIpc) is 4.06. The van der Waals surface area contributed by atoms with Crippen molar-refractivity contribution in [2.45, 2.75) is 31.6 Å². The third-order valence-electron chi connectivity index (χ3n) is 15.5. The Morgan fingerprint density at radius 3 is 1.48 bits per heavy atom. The van der Waals surface area contributed by atoms with Gasteiger partial charge in [-0.3, -0.25) is 0 Å². The van der Waals surface area contributed by atoms with E-state index in [4.69, 9.17) is 0 Å². The van der Waals surface area contributed by atoms with E-state index in [1.807, 2.05) is 11.3 Å². The van der Waals surface area contributed by atoms with Crippen LogP contribution in [-0.4, -0.2) is 0 Å². The van der Waals surface area contributed by atoms with E-state index in [1.165, 1.54) is 114 Å². The van der Waals surface area contributed by atoms with Crippen LogP contribution in [0.4, 0.5) is 17.1 Å². The fourth-order valence-electron chi connectivity index (χ4n) is 12.1. The lowest BCUT2D eigenvalue weighted by Gasteiger charge is -2.32. The molecule has 11 aromatic carbocycles. The summed E-state index contributed by atoms with van der Waals surface area (Å²) in [5.74, 6) is 0. The van der Waals surface area contributed by atoms with Crippen molar-refractivity contribution in [3.8, 4) is 55.6 Å². The van der Waals surface area contributed by atoms with Gasteiger partial charge in [-0.1, -0.05) is 227 Å². The lowest BCUT2D eigenvalue weighted by molar-refractivity contribution is 0.590. The first-order valence-electron chi connectivity index (χ1n) is 24.8. The minimum atomic E-state index is -0.416. The van der Waals surface area contributed by atoms with E-state index in [-0.39, 0.29) is 5.41 Å². The normalized spacial score (nSPS) is 13.1. The maximum atomic E-state index is 2.52. The number of hydrogen-bond donors (Lipinski definition) is 0. The maximum absolute atomic E-state index is 2.52. The minimum Gasteiger partial charge on any atom is -0.310 e. The Labute approximate surface area is 419 Å². The van der Waals surface area contributed by atoms with Gasteiger partial charge in [0.2, 0.25) is 0 Å². The molecule has 0 unspecified atom stereocenters. The summed E-state index contributed by atoms with van der Waals surface area (Å²) >= 11 is 1.89. The first-order valence-corrected chi connectivity index (χ1v) is 25.6. The van der Waals surface area contributed by atoms with Crippen LogP contribution in [0.3, 0.4) is 0 Å². The standard InChI is InChI=1S/C69H49NS/c1-68(2,3)49-36-31-46(32-37-49)44-27-29-45(30-28-44)47-33-38-50(39-34-47)70(64-42-35-48-15-4-5-16-52(48)66(64)58-22-14-21-57-56-20-9-13-26-65(56)71-67(57)58)51-40-41-63-59(43-51)55-19-8-12-25-62(55)69(63)60-23-10-6-17-53(60)54-18-7-11-24-61(54)69/h4-43H,1-3H3. The van der Waals surface area contributed by atoms with Crippen molar-refractivity contribution in [3.63, 3.8) is 0 Å². The lowest BCUT2D eigenvalue weighted by atomic mass is 9.70. The molecule has 2 aliphatic carbocycles. The molecule has 1 heterocycles. The fraction of sp³-hybridized carbons (Fsp3) is 0.0725. The van der Waals surface area contributed by atoms with Gasteiger partial charge in [0, 0.05) is 42.7 Å². The third kappa shape index (κ3) is 6.31. The fourth-order valence-corrected chi connectivity index (χ4v) is 13.4. The molecular formula is C69H49NS. The zero-order valence-electron chi connectivity index (χ0n) is 39.9. The number of benzene rings is 11. The molecular weight excluding hydrogens is 875 g/mol. The van der Waals surface area contributed by atoms with Crippen molar-refractivity contribution in [3.05, 3.63) is 270 Å². The predicted molar refractivity (Wildman–Crippen MR) is 303 cm³/mol. The number of rotatable bonds is 6. The van der Waals surface area contributed by atoms with E-state index < -0.39 is 5.41 Å². The van der Waals surface area contributed by atoms with Gasteiger partial charge in [0.15, 0.2) is 0 Å². The molecule has 336 valence electrons. The van der Waals surface area contributed by atoms with Crippen LogP contribution < -0.4 is 4.90 Å². The zero-order valence-corrected chi connectivity index (χ0v) is 40.8. The predicted octanol–water partition coefficient (Wildman–Crippen LogP) is 19.3. The van der Waals surface area contributed by atoms with E-state index in [1.54, 1.807) is 0 Å². The van der Waals surface area contributed by atoms with Crippen molar-refractivity contribution in [2.75, 3.05) is 4.90 Å². The zero-order chi connectivity index (χ0) is 47.4. The smallest absolute Gasteiger partial charge is 0.0725 e. The molecule has 0 aliphatic heterocycles. The van der Waals surface area contributed by atoms with Gasteiger partial charge in [-0.05, 0) is 125 Å². The average molecular weight is 924 g/mol. The first-order chi connectivity index (χ1) is 34.8. The second kappa shape index (κ2) is 15.9. The first kappa shape index (κ1) is 41.7.